The van der Waals surface area contributed by atoms with E-state index in [2.05, 4.69) is 9.98 Å². The van der Waals surface area contributed by atoms with Gasteiger partial charge in [-0.2, -0.15) is 4.99 Å². The van der Waals surface area contributed by atoms with E-state index in [9.17, 15) is 0 Å². The van der Waals surface area contributed by atoms with Crippen molar-refractivity contribution >= 4 is 29.2 Å². The molecule has 0 aromatic heterocycles. The topological polar surface area (TPSA) is 112 Å². The van der Waals surface area contributed by atoms with Crippen LogP contribution in [0.1, 0.15) is 0 Å². The molecule has 0 radical (unpaired) electrons. The molecule has 22 heavy (non-hydrogen) atoms. The number of aliphatic imine (C=N–C) groups is 2. The quantitative estimate of drug-likeness (QED) is 0.510. The fourth-order valence-corrected chi connectivity index (χ4v) is 1.64. The molecule has 8 heteroatoms. The monoisotopic (exact) mass is 338 g/mol. The molecule has 0 fully saturated rings. The minimum absolute atomic E-state index is 0. The summed E-state index contributed by atoms with van der Waals surface area (Å²) in [6, 6.07) is 14.1. The lowest BCUT2D eigenvalue weighted by Crippen LogP contribution is -3.00. The van der Waals surface area contributed by atoms with Crippen LogP contribution in [-0.2, 0) is 0 Å². The predicted molar refractivity (Wildman–Crippen MR) is 85.1 cm³/mol. The molecule has 0 saturated heterocycles. The van der Waals surface area contributed by atoms with Crippen molar-refractivity contribution in [2.24, 2.45) is 27.2 Å². The van der Waals surface area contributed by atoms with Gasteiger partial charge in [0.2, 0.25) is 5.96 Å². The summed E-state index contributed by atoms with van der Waals surface area (Å²) >= 11 is 5.81. The number of halogens is 2. The van der Waals surface area contributed by atoms with Crippen molar-refractivity contribution in [3.8, 4) is 11.5 Å². The van der Waals surface area contributed by atoms with Crippen LogP contribution < -0.4 is 34.3 Å². The zero-order chi connectivity index (χ0) is 15.2. The Kier molecular flexibility index (Phi) is 6.49. The minimum atomic E-state index is -0.140. The van der Waals surface area contributed by atoms with Crippen molar-refractivity contribution in [3.05, 3.63) is 53.6 Å². The molecule has 2 aromatic rings. The predicted octanol–water partition coefficient (Wildman–Crippen LogP) is -0.644. The number of rotatable bonds is 3. The molecule has 0 amide bonds. The first-order valence-corrected chi connectivity index (χ1v) is 6.38. The molecule has 6 nitrogen and oxygen atoms in total. The highest BCUT2D eigenvalue weighted by atomic mass is 35.5. The highest BCUT2D eigenvalue weighted by Gasteiger charge is 1.98. The SMILES string of the molecule is NC(N)=NC(N)=Nc1ccc(Oc2ccc(Cl)cc2)cc1.[Cl-]. The Morgan fingerprint density at radius 2 is 1.36 bits per heavy atom. The number of guanidine groups is 2. The van der Waals surface area contributed by atoms with E-state index in [-0.39, 0.29) is 24.3 Å². The second kappa shape index (κ2) is 8.11. The molecule has 0 unspecified atom stereocenters. The highest BCUT2D eigenvalue weighted by molar-refractivity contribution is 6.30. The van der Waals surface area contributed by atoms with Gasteiger partial charge in [0.25, 0.3) is 0 Å². The smallest absolute Gasteiger partial charge is 0.223 e. The Labute approximate surface area is 139 Å². The van der Waals surface area contributed by atoms with Crippen LogP contribution in [0.25, 0.3) is 0 Å². The van der Waals surface area contributed by atoms with Crippen LogP contribution in [0.2, 0.25) is 5.02 Å². The van der Waals surface area contributed by atoms with Gasteiger partial charge in [0.1, 0.15) is 11.5 Å². The molecule has 0 bridgehead atoms. The largest absolute Gasteiger partial charge is 1.00 e. The third-order valence-corrected chi connectivity index (χ3v) is 2.63. The second-order valence-corrected chi connectivity index (χ2v) is 4.49. The maximum absolute atomic E-state index is 5.81. The first-order valence-electron chi connectivity index (χ1n) is 6.00. The van der Waals surface area contributed by atoms with Crippen molar-refractivity contribution in [1.82, 2.24) is 0 Å². The van der Waals surface area contributed by atoms with E-state index >= 15 is 0 Å². The molecule has 6 N–H and O–H groups in total. The average molecular weight is 339 g/mol. The lowest BCUT2D eigenvalue weighted by Gasteiger charge is -2.05. The summed E-state index contributed by atoms with van der Waals surface area (Å²) in [6.45, 7) is 0. The maximum atomic E-state index is 5.81. The van der Waals surface area contributed by atoms with Gasteiger partial charge in [-0.1, -0.05) is 11.6 Å². The van der Waals surface area contributed by atoms with Gasteiger partial charge < -0.3 is 34.3 Å². The Bertz CT molecular complexity index is 665. The van der Waals surface area contributed by atoms with Crippen molar-refractivity contribution in [2.75, 3.05) is 0 Å². The van der Waals surface area contributed by atoms with Gasteiger partial charge in [-0.15, -0.1) is 0 Å². The molecule has 2 rings (SSSR count). The summed E-state index contributed by atoms with van der Waals surface area (Å²) in [5.74, 6) is 1.20. The van der Waals surface area contributed by atoms with Crippen molar-refractivity contribution in [3.63, 3.8) is 0 Å². The van der Waals surface area contributed by atoms with Gasteiger partial charge in [-0.3, -0.25) is 0 Å². The lowest BCUT2D eigenvalue weighted by atomic mass is 10.3. The van der Waals surface area contributed by atoms with Crippen molar-refractivity contribution < 1.29 is 17.1 Å². The molecule has 0 aliphatic carbocycles. The van der Waals surface area contributed by atoms with Crippen LogP contribution in [0.5, 0.6) is 11.5 Å². The molecule has 0 spiro atoms. The molecule has 0 heterocycles. The lowest BCUT2D eigenvalue weighted by molar-refractivity contribution is -0.00000522. The molecule has 116 valence electrons. The van der Waals surface area contributed by atoms with E-state index < -0.39 is 0 Å². The van der Waals surface area contributed by atoms with E-state index in [0.717, 1.165) is 0 Å². The van der Waals surface area contributed by atoms with Gasteiger partial charge >= 0.3 is 0 Å². The normalized spacial score (nSPS) is 10.5. The highest BCUT2D eigenvalue weighted by Crippen LogP contribution is 2.25. The Morgan fingerprint density at radius 3 is 1.86 bits per heavy atom. The molecule has 0 saturated carbocycles. The van der Waals surface area contributed by atoms with Crippen LogP contribution in [0.3, 0.4) is 0 Å². The molecule has 0 atom stereocenters. The zero-order valence-corrected chi connectivity index (χ0v) is 12.9. The molecule has 0 aliphatic heterocycles. The number of nitrogens with zero attached hydrogens (tertiary/aromatic N) is 2. The van der Waals surface area contributed by atoms with Crippen LogP contribution in [0.15, 0.2) is 58.5 Å². The van der Waals surface area contributed by atoms with Crippen LogP contribution in [-0.4, -0.2) is 11.9 Å². The third kappa shape index (κ3) is 5.51. The standard InChI is InChI=1S/C14H14ClN5O.ClH/c15-9-1-5-11(6-2-9)21-12-7-3-10(4-8-12)19-14(18)20-13(16)17;/h1-8H,(H6,16,17,18,19,20);1H/p-1. The maximum Gasteiger partial charge on any atom is 0.223 e. The van der Waals surface area contributed by atoms with Gasteiger partial charge in [0.05, 0.1) is 5.69 Å². The first-order chi connectivity index (χ1) is 10.0. The van der Waals surface area contributed by atoms with E-state index in [1.165, 1.54) is 0 Å². The molecular weight excluding hydrogens is 325 g/mol. The number of ether oxygens (including phenoxy) is 1. The fraction of sp³-hybridized carbons (Fsp3) is 0. The Hall–Kier alpha value is -2.44. The first kappa shape index (κ1) is 17.6. The van der Waals surface area contributed by atoms with Gasteiger partial charge in [-0.05, 0) is 48.5 Å². The van der Waals surface area contributed by atoms with Crippen LogP contribution in [0, 0.1) is 0 Å². The fourth-order valence-electron chi connectivity index (χ4n) is 1.52. The number of hydrogen-bond acceptors (Lipinski definition) is 2. The summed E-state index contributed by atoms with van der Waals surface area (Å²) in [7, 11) is 0. The van der Waals surface area contributed by atoms with E-state index in [0.29, 0.717) is 22.2 Å². The van der Waals surface area contributed by atoms with E-state index in [1.54, 1.807) is 48.5 Å². The third-order valence-electron chi connectivity index (χ3n) is 2.37. The minimum Gasteiger partial charge on any atom is -1.00 e. The van der Waals surface area contributed by atoms with Crippen molar-refractivity contribution in [2.45, 2.75) is 0 Å². The molecule has 0 aliphatic rings. The van der Waals surface area contributed by atoms with Crippen molar-refractivity contribution in [1.29, 1.82) is 0 Å². The molecular formula is C14H14Cl2N5O-. The van der Waals surface area contributed by atoms with E-state index in [1.807, 2.05) is 0 Å². The van der Waals surface area contributed by atoms with Crippen LogP contribution in [0.4, 0.5) is 5.69 Å². The summed E-state index contributed by atoms with van der Waals surface area (Å²) in [5, 5.41) is 0.655. The number of benzene rings is 2. The summed E-state index contributed by atoms with van der Waals surface area (Å²) in [4.78, 5) is 7.66. The summed E-state index contributed by atoms with van der Waals surface area (Å²) in [5.41, 5.74) is 16.6. The van der Waals surface area contributed by atoms with Gasteiger partial charge in [0.15, 0.2) is 5.96 Å². The molecule has 2 aromatic carbocycles. The summed E-state index contributed by atoms with van der Waals surface area (Å²) in [6.07, 6.45) is 0. The summed E-state index contributed by atoms with van der Waals surface area (Å²) < 4.78 is 5.65. The number of hydrogen-bond donors (Lipinski definition) is 3. The second-order valence-electron chi connectivity index (χ2n) is 4.06. The Morgan fingerprint density at radius 1 is 0.864 bits per heavy atom. The van der Waals surface area contributed by atoms with Gasteiger partial charge in [0, 0.05) is 5.02 Å². The van der Waals surface area contributed by atoms with E-state index in [4.69, 9.17) is 33.5 Å². The zero-order valence-electron chi connectivity index (χ0n) is 11.4. The average Bonchev–Trinajstić information content (AvgIpc) is 2.42. The van der Waals surface area contributed by atoms with Crippen LogP contribution >= 0.6 is 11.6 Å². The Balaban J connectivity index is 0.00000242. The number of nitrogens with two attached hydrogens (primary N) is 3. The van der Waals surface area contributed by atoms with Gasteiger partial charge in [-0.25, -0.2) is 4.99 Å².